The molecule has 0 aliphatic rings. The summed E-state index contributed by atoms with van der Waals surface area (Å²) in [7, 11) is 1.60. The lowest BCUT2D eigenvalue weighted by Crippen LogP contribution is -2.09. The summed E-state index contributed by atoms with van der Waals surface area (Å²) in [6.45, 7) is 0.500. The first-order valence-corrected chi connectivity index (χ1v) is 7.51. The fourth-order valence-electron chi connectivity index (χ4n) is 1.50. The predicted molar refractivity (Wildman–Crippen MR) is 85.2 cm³/mol. The van der Waals surface area contributed by atoms with Gasteiger partial charge in [0.05, 0.1) is 7.11 Å². The fourth-order valence-corrected chi connectivity index (χ4v) is 2.98. The number of benzene rings is 1. The molecule has 0 bridgehead atoms. The summed E-state index contributed by atoms with van der Waals surface area (Å²) in [6, 6.07) is 7.44. The minimum atomic E-state index is 0.322. The monoisotopic (exact) mass is 357 g/mol. The van der Waals surface area contributed by atoms with Crippen molar-refractivity contribution in [2.45, 2.75) is 6.61 Å². The minimum Gasteiger partial charge on any atom is -0.497 e. The maximum Gasteiger partial charge on any atom is 0.124 e. The van der Waals surface area contributed by atoms with Crippen molar-refractivity contribution in [3.8, 4) is 11.5 Å². The molecule has 0 aliphatic carbocycles. The molecule has 0 spiro atoms. The lowest BCUT2D eigenvalue weighted by Gasteiger charge is -2.09. The lowest BCUT2D eigenvalue weighted by molar-refractivity contribution is 0.307. The Balaban J connectivity index is 2.15. The summed E-state index contributed by atoms with van der Waals surface area (Å²) in [4.78, 5) is 1.45. The van der Waals surface area contributed by atoms with Gasteiger partial charge in [-0.15, -0.1) is 11.3 Å². The molecule has 2 N–H and O–H groups in total. The van der Waals surface area contributed by atoms with Gasteiger partial charge >= 0.3 is 0 Å². The van der Waals surface area contributed by atoms with Crippen molar-refractivity contribution in [3.63, 3.8) is 0 Å². The topological polar surface area (TPSA) is 44.5 Å². The van der Waals surface area contributed by atoms with Crippen LogP contribution in [0.15, 0.2) is 34.1 Å². The van der Waals surface area contributed by atoms with Crippen molar-refractivity contribution in [3.05, 3.63) is 44.6 Å². The molecule has 0 aliphatic heterocycles. The van der Waals surface area contributed by atoms with Crippen LogP contribution in [0.4, 0.5) is 0 Å². The van der Waals surface area contributed by atoms with E-state index in [4.69, 9.17) is 27.4 Å². The predicted octanol–water partition coefficient (Wildman–Crippen LogP) is 3.73. The van der Waals surface area contributed by atoms with Crippen LogP contribution in [0.25, 0.3) is 0 Å². The van der Waals surface area contributed by atoms with Crippen LogP contribution < -0.4 is 15.2 Å². The second-order valence-electron chi connectivity index (χ2n) is 3.78. The van der Waals surface area contributed by atoms with Crippen molar-refractivity contribution in [2.75, 3.05) is 7.11 Å². The average Bonchev–Trinajstić information content (AvgIpc) is 2.81. The van der Waals surface area contributed by atoms with Gasteiger partial charge in [0.15, 0.2) is 0 Å². The van der Waals surface area contributed by atoms with Gasteiger partial charge in [-0.3, -0.25) is 0 Å². The molecule has 1 aromatic carbocycles. The van der Waals surface area contributed by atoms with Crippen LogP contribution in [0.2, 0.25) is 0 Å². The first kappa shape index (κ1) is 14.3. The molecule has 0 radical (unpaired) electrons. The maximum atomic E-state index is 5.73. The standard InChI is InChI=1S/C13H12BrNO2S2/c1-16-10-2-8(13(15)18)3-11(5-10)17-6-12-4-9(14)7-19-12/h2-5,7H,6H2,1H3,(H2,15,18). The first-order chi connectivity index (χ1) is 9.08. The van der Waals surface area contributed by atoms with Gasteiger partial charge in [-0.25, -0.2) is 0 Å². The molecule has 2 aromatic rings. The van der Waals surface area contributed by atoms with Gasteiger partial charge < -0.3 is 15.2 Å². The molecule has 0 fully saturated rings. The highest BCUT2D eigenvalue weighted by atomic mass is 79.9. The Hall–Kier alpha value is -1.11. The van der Waals surface area contributed by atoms with E-state index in [1.807, 2.05) is 23.6 Å². The van der Waals surface area contributed by atoms with E-state index in [9.17, 15) is 0 Å². The van der Waals surface area contributed by atoms with E-state index < -0.39 is 0 Å². The maximum absolute atomic E-state index is 5.73. The van der Waals surface area contributed by atoms with Crippen LogP contribution in [0.1, 0.15) is 10.4 Å². The third-order valence-corrected chi connectivity index (χ3v) is 4.31. The van der Waals surface area contributed by atoms with Crippen molar-refractivity contribution in [2.24, 2.45) is 5.73 Å². The molecule has 1 heterocycles. The number of thiocarbonyl (C=S) groups is 1. The molecule has 0 atom stereocenters. The Morgan fingerprint density at radius 3 is 2.63 bits per heavy atom. The van der Waals surface area contributed by atoms with Gasteiger partial charge in [0, 0.05) is 26.4 Å². The number of hydrogen-bond donors (Lipinski definition) is 1. The molecule has 3 nitrogen and oxygen atoms in total. The van der Waals surface area contributed by atoms with E-state index in [1.54, 1.807) is 24.5 Å². The second kappa shape index (κ2) is 6.36. The summed E-state index contributed by atoms with van der Waals surface area (Å²) in [5, 5.41) is 2.02. The third kappa shape index (κ3) is 3.92. The zero-order valence-electron chi connectivity index (χ0n) is 10.2. The molecule has 0 saturated heterocycles. The number of hydrogen-bond acceptors (Lipinski definition) is 4. The highest BCUT2D eigenvalue weighted by Gasteiger charge is 2.06. The Kier molecular flexibility index (Phi) is 4.79. The van der Waals surface area contributed by atoms with Gasteiger partial charge in [0.25, 0.3) is 0 Å². The normalized spacial score (nSPS) is 10.2. The lowest BCUT2D eigenvalue weighted by atomic mass is 10.2. The van der Waals surface area contributed by atoms with Crippen LogP contribution in [-0.2, 0) is 6.61 Å². The van der Waals surface area contributed by atoms with Crippen molar-refractivity contribution in [1.29, 1.82) is 0 Å². The number of halogens is 1. The zero-order valence-corrected chi connectivity index (χ0v) is 13.4. The zero-order chi connectivity index (χ0) is 13.8. The second-order valence-corrected chi connectivity index (χ2v) is 6.13. The molecule has 6 heteroatoms. The van der Waals surface area contributed by atoms with E-state index in [0.717, 1.165) is 14.9 Å². The highest BCUT2D eigenvalue weighted by molar-refractivity contribution is 9.10. The number of ether oxygens (including phenoxy) is 2. The number of nitrogens with two attached hydrogens (primary N) is 1. The highest BCUT2D eigenvalue weighted by Crippen LogP contribution is 2.25. The van der Waals surface area contributed by atoms with Gasteiger partial charge in [-0.1, -0.05) is 12.2 Å². The van der Waals surface area contributed by atoms with Gasteiger partial charge in [0.2, 0.25) is 0 Å². The van der Waals surface area contributed by atoms with E-state index >= 15 is 0 Å². The van der Waals surface area contributed by atoms with Gasteiger partial charge in [-0.05, 0) is 34.1 Å². The van der Waals surface area contributed by atoms with Gasteiger partial charge in [-0.2, -0.15) is 0 Å². The Morgan fingerprint density at radius 1 is 1.32 bits per heavy atom. The SMILES string of the molecule is COc1cc(OCc2cc(Br)cs2)cc(C(N)=S)c1. The summed E-state index contributed by atoms with van der Waals surface area (Å²) >= 11 is 10.0. The number of rotatable bonds is 5. The van der Waals surface area contributed by atoms with Crippen molar-refractivity contribution < 1.29 is 9.47 Å². The molecule has 0 unspecified atom stereocenters. The first-order valence-electron chi connectivity index (χ1n) is 5.43. The largest absolute Gasteiger partial charge is 0.497 e. The molecule has 19 heavy (non-hydrogen) atoms. The Labute approximate surface area is 129 Å². The quantitative estimate of drug-likeness (QED) is 0.828. The van der Waals surface area contributed by atoms with Crippen LogP contribution in [0.5, 0.6) is 11.5 Å². The molecule has 0 saturated carbocycles. The molecular weight excluding hydrogens is 346 g/mol. The molecule has 2 rings (SSSR count). The minimum absolute atomic E-state index is 0.322. The van der Waals surface area contributed by atoms with Gasteiger partial charge in [0.1, 0.15) is 23.1 Å². The van der Waals surface area contributed by atoms with Crippen LogP contribution >= 0.6 is 39.5 Å². The van der Waals surface area contributed by atoms with E-state index in [1.165, 1.54) is 0 Å². The molecule has 1 aromatic heterocycles. The Bertz CT molecular complexity index is 598. The van der Waals surface area contributed by atoms with E-state index in [2.05, 4.69) is 15.9 Å². The smallest absolute Gasteiger partial charge is 0.124 e. The fraction of sp³-hybridized carbons (Fsp3) is 0.154. The Morgan fingerprint density at radius 2 is 2.05 bits per heavy atom. The van der Waals surface area contributed by atoms with E-state index in [0.29, 0.717) is 23.1 Å². The number of thiophene rings is 1. The molecule has 0 amide bonds. The van der Waals surface area contributed by atoms with E-state index in [-0.39, 0.29) is 0 Å². The summed E-state index contributed by atoms with van der Waals surface area (Å²) in [5.41, 5.74) is 6.37. The summed E-state index contributed by atoms with van der Waals surface area (Å²) < 4.78 is 12.0. The van der Waals surface area contributed by atoms with Crippen molar-refractivity contribution >= 4 is 44.5 Å². The summed E-state index contributed by atoms with van der Waals surface area (Å²) in [5.74, 6) is 1.36. The third-order valence-electron chi connectivity index (χ3n) is 2.40. The number of methoxy groups -OCH3 is 1. The van der Waals surface area contributed by atoms with Crippen LogP contribution in [0, 0.1) is 0 Å². The summed E-state index contributed by atoms with van der Waals surface area (Å²) in [6.07, 6.45) is 0. The van der Waals surface area contributed by atoms with Crippen molar-refractivity contribution in [1.82, 2.24) is 0 Å². The average molecular weight is 358 g/mol. The molecule has 100 valence electrons. The van der Waals surface area contributed by atoms with Crippen LogP contribution in [0.3, 0.4) is 0 Å². The van der Waals surface area contributed by atoms with Crippen LogP contribution in [-0.4, -0.2) is 12.1 Å². The molecular formula is C13H12BrNO2S2.